The number of nitrogens with one attached hydrogen (secondary N) is 1. The Hall–Kier alpha value is -1.59. The van der Waals surface area contributed by atoms with Gasteiger partial charge < -0.3 is 10.1 Å². The number of piperidine rings is 1. The molecular formula is C19H25N3OS. The maximum absolute atomic E-state index is 5.30. The third kappa shape index (κ3) is 3.90. The van der Waals surface area contributed by atoms with Crippen molar-refractivity contribution in [2.45, 2.75) is 44.2 Å². The van der Waals surface area contributed by atoms with Crippen LogP contribution >= 0.6 is 11.3 Å². The highest BCUT2D eigenvalue weighted by Gasteiger charge is 2.27. The monoisotopic (exact) mass is 343 g/mol. The van der Waals surface area contributed by atoms with E-state index in [1.807, 2.05) is 23.5 Å². The lowest BCUT2D eigenvalue weighted by Crippen LogP contribution is -2.38. The minimum atomic E-state index is 0.553. The summed E-state index contributed by atoms with van der Waals surface area (Å²) in [6.07, 6.45) is 7.15. The topological polar surface area (TPSA) is 37.4 Å². The lowest BCUT2D eigenvalue weighted by atomic mass is 10.0. The first-order chi connectivity index (χ1) is 11.8. The molecule has 1 aromatic heterocycles. The first-order valence-corrected chi connectivity index (χ1v) is 9.69. The Morgan fingerprint density at radius 2 is 2.08 bits per heavy atom. The van der Waals surface area contributed by atoms with Gasteiger partial charge >= 0.3 is 0 Å². The molecule has 0 radical (unpaired) electrons. The minimum absolute atomic E-state index is 0.553. The van der Waals surface area contributed by atoms with Crippen LogP contribution in [0.1, 0.15) is 41.5 Å². The standard InChI is InChI=1S/C19H25N3OS/c1-23-17-4-2-3-16(11-17)21-15-7-9-22(10-8-15)13-18-12-20-19(24-18)14-5-6-14/h2-4,11-12,14-15,21H,5-10,13H2,1H3. The molecule has 2 aliphatic rings. The van der Waals surface area contributed by atoms with Crippen molar-refractivity contribution in [3.8, 4) is 5.75 Å². The summed E-state index contributed by atoms with van der Waals surface area (Å²) in [5.74, 6) is 1.69. The minimum Gasteiger partial charge on any atom is -0.497 e. The van der Waals surface area contributed by atoms with E-state index in [1.165, 1.54) is 35.6 Å². The van der Waals surface area contributed by atoms with Gasteiger partial charge in [-0.15, -0.1) is 11.3 Å². The van der Waals surface area contributed by atoms with Crippen LogP contribution in [-0.2, 0) is 6.54 Å². The van der Waals surface area contributed by atoms with Crippen molar-refractivity contribution in [1.29, 1.82) is 0 Å². The van der Waals surface area contributed by atoms with Crippen LogP contribution in [0.2, 0.25) is 0 Å². The molecule has 1 saturated heterocycles. The number of ether oxygens (including phenoxy) is 1. The summed E-state index contributed by atoms with van der Waals surface area (Å²) in [6, 6.07) is 8.77. The first-order valence-electron chi connectivity index (χ1n) is 8.88. The van der Waals surface area contributed by atoms with Crippen molar-refractivity contribution in [2.24, 2.45) is 0 Å². The second-order valence-electron chi connectivity index (χ2n) is 6.87. The fourth-order valence-electron chi connectivity index (χ4n) is 3.32. The summed E-state index contributed by atoms with van der Waals surface area (Å²) in [5, 5.41) is 5.01. The van der Waals surface area contributed by atoms with E-state index in [4.69, 9.17) is 4.74 Å². The van der Waals surface area contributed by atoms with Crippen molar-refractivity contribution in [3.05, 3.63) is 40.3 Å². The predicted molar refractivity (Wildman–Crippen MR) is 99.0 cm³/mol. The number of hydrogen-bond acceptors (Lipinski definition) is 5. The van der Waals surface area contributed by atoms with E-state index >= 15 is 0 Å². The molecule has 0 unspecified atom stereocenters. The molecule has 0 bridgehead atoms. The van der Waals surface area contributed by atoms with Crippen molar-refractivity contribution in [2.75, 3.05) is 25.5 Å². The van der Waals surface area contributed by atoms with E-state index in [0.717, 1.165) is 37.0 Å². The highest BCUT2D eigenvalue weighted by molar-refractivity contribution is 7.11. The van der Waals surface area contributed by atoms with Crippen LogP contribution in [0.3, 0.4) is 0 Å². The molecule has 0 spiro atoms. The van der Waals surface area contributed by atoms with Crippen LogP contribution in [0, 0.1) is 0 Å². The molecule has 4 nitrogen and oxygen atoms in total. The molecule has 2 aromatic rings. The number of anilines is 1. The van der Waals surface area contributed by atoms with Gasteiger partial charge in [0, 0.05) is 54.4 Å². The quantitative estimate of drug-likeness (QED) is 0.857. The van der Waals surface area contributed by atoms with Crippen molar-refractivity contribution < 1.29 is 4.74 Å². The third-order valence-corrected chi connectivity index (χ3v) is 6.05. The van der Waals surface area contributed by atoms with Gasteiger partial charge in [-0.2, -0.15) is 0 Å². The van der Waals surface area contributed by atoms with Crippen LogP contribution in [0.4, 0.5) is 5.69 Å². The van der Waals surface area contributed by atoms with Crippen LogP contribution < -0.4 is 10.1 Å². The van der Waals surface area contributed by atoms with Crippen molar-refractivity contribution in [1.82, 2.24) is 9.88 Å². The van der Waals surface area contributed by atoms with Crippen molar-refractivity contribution in [3.63, 3.8) is 0 Å². The largest absolute Gasteiger partial charge is 0.497 e. The van der Waals surface area contributed by atoms with Gasteiger partial charge in [-0.1, -0.05) is 6.07 Å². The second kappa shape index (κ2) is 7.11. The van der Waals surface area contributed by atoms with Gasteiger partial charge in [-0.25, -0.2) is 4.98 Å². The van der Waals surface area contributed by atoms with E-state index in [2.05, 4.69) is 33.5 Å². The Bertz CT molecular complexity index is 675. The van der Waals surface area contributed by atoms with Gasteiger partial charge in [0.05, 0.1) is 12.1 Å². The Labute approximate surface area is 147 Å². The van der Waals surface area contributed by atoms with Gasteiger partial charge in [0.25, 0.3) is 0 Å². The molecule has 5 heteroatoms. The van der Waals surface area contributed by atoms with E-state index in [9.17, 15) is 0 Å². The van der Waals surface area contributed by atoms with Crippen LogP contribution in [0.25, 0.3) is 0 Å². The Morgan fingerprint density at radius 1 is 1.25 bits per heavy atom. The summed E-state index contributed by atoms with van der Waals surface area (Å²) in [5.41, 5.74) is 1.16. The number of aromatic nitrogens is 1. The molecule has 0 atom stereocenters. The molecule has 4 rings (SSSR count). The number of thiazole rings is 1. The Kier molecular flexibility index (Phi) is 4.72. The second-order valence-corrected chi connectivity index (χ2v) is 8.01. The van der Waals surface area contributed by atoms with Crippen LogP contribution in [-0.4, -0.2) is 36.1 Å². The lowest BCUT2D eigenvalue weighted by Gasteiger charge is -2.32. The van der Waals surface area contributed by atoms with E-state index in [1.54, 1.807) is 7.11 Å². The highest BCUT2D eigenvalue weighted by atomic mass is 32.1. The lowest BCUT2D eigenvalue weighted by molar-refractivity contribution is 0.213. The third-order valence-electron chi connectivity index (χ3n) is 4.91. The van der Waals surface area contributed by atoms with Crippen LogP contribution in [0.5, 0.6) is 5.75 Å². The summed E-state index contributed by atoms with van der Waals surface area (Å²) in [7, 11) is 1.71. The SMILES string of the molecule is COc1cccc(NC2CCN(Cc3cnc(C4CC4)s3)CC2)c1. The fourth-order valence-corrected chi connectivity index (χ4v) is 4.45. The maximum atomic E-state index is 5.30. The average molecular weight is 343 g/mol. The zero-order valence-corrected chi connectivity index (χ0v) is 15.0. The summed E-state index contributed by atoms with van der Waals surface area (Å²) in [4.78, 5) is 8.59. The number of hydrogen-bond donors (Lipinski definition) is 1. The Morgan fingerprint density at radius 3 is 2.83 bits per heavy atom. The molecule has 1 aliphatic carbocycles. The molecule has 2 fully saturated rings. The number of methoxy groups -OCH3 is 1. The van der Waals surface area contributed by atoms with Gasteiger partial charge in [0.15, 0.2) is 0 Å². The smallest absolute Gasteiger partial charge is 0.120 e. The Balaban J connectivity index is 1.26. The summed E-state index contributed by atoms with van der Waals surface area (Å²) >= 11 is 1.92. The molecule has 2 heterocycles. The molecule has 1 saturated carbocycles. The number of likely N-dealkylation sites (tertiary alicyclic amines) is 1. The molecule has 0 amide bonds. The predicted octanol–water partition coefficient (Wildman–Crippen LogP) is 4.11. The van der Waals surface area contributed by atoms with E-state index in [0.29, 0.717) is 6.04 Å². The zero-order valence-electron chi connectivity index (χ0n) is 14.2. The molecule has 24 heavy (non-hydrogen) atoms. The highest BCUT2D eigenvalue weighted by Crippen LogP contribution is 2.41. The molecule has 1 aromatic carbocycles. The van der Waals surface area contributed by atoms with E-state index in [-0.39, 0.29) is 0 Å². The van der Waals surface area contributed by atoms with Crippen molar-refractivity contribution >= 4 is 17.0 Å². The summed E-state index contributed by atoms with van der Waals surface area (Å²) in [6.45, 7) is 3.37. The number of nitrogens with zero attached hydrogens (tertiary/aromatic N) is 2. The van der Waals surface area contributed by atoms with Crippen LogP contribution in [0.15, 0.2) is 30.5 Å². The van der Waals surface area contributed by atoms with Gasteiger partial charge in [-0.05, 0) is 37.8 Å². The fraction of sp³-hybridized carbons (Fsp3) is 0.526. The molecule has 1 N–H and O–H groups in total. The molecule has 1 aliphatic heterocycles. The maximum Gasteiger partial charge on any atom is 0.120 e. The van der Waals surface area contributed by atoms with E-state index < -0.39 is 0 Å². The summed E-state index contributed by atoms with van der Waals surface area (Å²) < 4.78 is 5.30. The molecular weight excluding hydrogens is 318 g/mol. The van der Waals surface area contributed by atoms with Gasteiger partial charge in [0.1, 0.15) is 5.75 Å². The van der Waals surface area contributed by atoms with Gasteiger partial charge in [-0.3, -0.25) is 4.90 Å². The first kappa shape index (κ1) is 15.9. The zero-order chi connectivity index (χ0) is 16.4. The molecule has 128 valence electrons. The average Bonchev–Trinajstić information content (AvgIpc) is 3.37. The van der Waals surface area contributed by atoms with Gasteiger partial charge in [0.2, 0.25) is 0 Å². The normalized spacial score (nSPS) is 19.4. The number of rotatable bonds is 6. The number of benzene rings is 1.